The van der Waals surface area contributed by atoms with E-state index in [0.717, 1.165) is 44.9 Å². The summed E-state index contributed by atoms with van der Waals surface area (Å²) in [6, 6.07) is 0. The quantitative estimate of drug-likeness (QED) is 0.0373. The van der Waals surface area contributed by atoms with Crippen LogP contribution in [0.2, 0.25) is 0 Å². The maximum Gasteiger partial charge on any atom is 0.305 e. The lowest BCUT2D eigenvalue weighted by molar-refractivity contribution is -0.144. The fraction of sp³-hybridized carbons (Fsp3) is 0.909. The van der Waals surface area contributed by atoms with E-state index in [1.54, 1.807) is 0 Å². The fourth-order valence-electron chi connectivity index (χ4n) is 5.79. The Bertz CT molecular complexity index is 644. The minimum absolute atomic E-state index is 0.00172. The van der Waals surface area contributed by atoms with Crippen molar-refractivity contribution in [3.8, 4) is 0 Å². The first-order chi connectivity index (χ1) is 23.6. The van der Waals surface area contributed by atoms with Crippen LogP contribution in [0.25, 0.3) is 0 Å². The number of hydrogen-bond donors (Lipinski definition) is 0. The number of hydrogen-bond acceptors (Lipinski definition) is 4. The summed E-state index contributed by atoms with van der Waals surface area (Å²) < 4.78 is 10.3. The fourth-order valence-corrected chi connectivity index (χ4v) is 5.79. The molecule has 48 heavy (non-hydrogen) atoms. The maximum atomic E-state index is 11.4. The molecule has 0 heterocycles. The molecule has 4 nitrogen and oxygen atoms in total. The van der Waals surface area contributed by atoms with Crippen molar-refractivity contribution in [2.45, 2.75) is 246 Å². The smallest absolute Gasteiger partial charge is 0.305 e. The van der Waals surface area contributed by atoms with Crippen LogP contribution in [0.3, 0.4) is 0 Å². The van der Waals surface area contributed by atoms with E-state index < -0.39 is 0 Å². The third-order valence-electron chi connectivity index (χ3n) is 9.15. The highest BCUT2D eigenvalue weighted by Gasteiger charge is 2.03. The summed E-state index contributed by atoms with van der Waals surface area (Å²) in [5.41, 5.74) is 0. The molecule has 0 amide bonds. The van der Waals surface area contributed by atoms with Crippen molar-refractivity contribution in [3.63, 3.8) is 0 Å². The van der Waals surface area contributed by atoms with Crippen LogP contribution >= 0.6 is 0 Å². The van der Waals surface area contributed by atoms with Crippen LogP contribution in [-0.2, 0) is 19.1 Å². The molecule has 286 valence electrons. The van der Waals surface area contributed by atoms with E-state index in [1.807, 2.05) is 0 Å². The van der Waals surface area contributed by atoms with Gasteiger partial charge in [-0.3, -0.25) is 9.59 Å². The van der Waals surface area contributed by atoms with Crippen molar-refractivity contribution in [2.24, 2.45) is 0 Å². The van der Waals surface area contributed by atoms with E-state index in [1.165, 1.54) is 161 Å². The van der Waals surface area contributed by atoms with Crippen LogP contribution in [0, 0.1) is 0 Å². The monoisotopic (exact) mass is 679 g/mol. The van der Waals surface area contributed by atoms with E-state index in [0.29, 0.717) is 26.1 Å². The molecular formula is C44H86O4. The highest BCUT2D eigenvalue weighted by atomic mass is 16.5. The Morgan fingerprint density at radius 2 is 0.583 bits per heavy atom. The van der Waals surface area contributed by atoms with Gasteiger partial charge in [0.25, 0.3) is 0 Å². The van der Waals surface area contributed by atoms with Crippen LogP contribution in [0.15, 0.2) is 12.2 Å². The Hall–Kier alpha value is -1.32. The van der Waals surface area contributed by atoms with E-state index >= 15 is 0 Å². The number of allylic oxidation sites excluding steroid dienone is 2. The topological polar surface area (TPSA) is 52.6 Å². The summed E-state index contributed by atoms with van der Waals surface area (Å²) >= 11 is 0. The van der Waals surface area contributed by atoms with E-state index in [-0.39, 0.29) is 11.9 Å². The molecule has 0 aliphatic rings. The van der Waals surface area contributed by atoms with Crippen molar-refractivity contribution >= 4 is 11.9 Å². The van der Waals surface area contributed by atoms with Crippen LogP contribution in [0.1, 0.15) is 246 Å². The summed E-state index contributed by atoms with van der Waals surface area (Å²) in [5.74, 6) is -0.0146. The van der Waals surface area contributed by atoms with Gasteiger partial charge in [0.1, 0.15) is 0 Å². The molecular weight excluding hydrogens is 592 g/mol. The zero-order chi connectivity index (χ0) is 35.4. The van der Waals surface area contributed by atoms with Gasteiger partial charge in [0.15, 0.2) is 0 Å². The van der Waals surface area contributed by atoms with Gasteiger partial charge in [0, 0.05) is 12.8 Å². The average Bonchev–Trinajstić information content (AvgIpc) is 3.08. The Balaban J connectivity index is 0. The van der Waals surface area contributed by atoms with E-state index in [4.69, 9.17) is 9.47 Å². The minimum atomic E-state index is -0.0129. The van der Waals surface area contributed by atoms with Crippen LogP contribution in [0.5, 0.6) is 0 Å². The zero-order valence-electron chi connectivity index (χ0n) is 33.2. The molecule has 0 aromatic carbocycles. The first-order valence-corrected chi connectivity index (χ1v) is 21.6. The Morgan fingerprint density at radius 1 is 0.333 bits per heavy atom. The van der Waals surface area contributed by atoms with Gasteiger partial charge in [-0.1, -0.05) is 194 Å². The van der Waals surface area contributed by atoms with Gasteiger partial charge in [-0.25, -0.2) is 0 Å². The number of rotatable bonds is 37. The van der Waals surface area contributed by atoms with Gasteiger partial charge in [-0.15, -0.1) is 0 Å². The molecule has 0 aromatic rings. The zero-order valence-corrected chi connectivity index (χ0v) is 33.2. The molecule has 0 aliphatic heterocycles. The summed E-state index contributed by atoms with van der Waals surface area (Å²) in [7, 11) is 0. The standard InChI is InChI=1S/C22H44O2.C22H42O2/c2*1-3-5-7-8-9-10-11-12-13-14-15-16-17-18-19-20-22(23)24-21-6-4-2/h3-21H2,1-2H3;12-13H,3-11,14-21H2,1-2H3. The highest BCUT2D eigenvalue weighted by Crippen LogP contribution is 2.14. The van der Waals surface area contributed by atoms with Crippen LogP contribution < -0.4 is 0 Å². The summed E-state index contributed by atoms with van der Waals surface area (Å²) in [5, 5.41) is 0. The second-order valence-electron chi connectivity index (χ2n) is 14.2. The number of ether oxygens (including phenoxy) is 2. The number of carbonyl (C=O) groups excluding carboxylic acids is 2. The Labute approximate surface area is 301 Å². The summed E-state index contributed by atoms with van der Waals surface area (Å²) in [4.78, 5) is 22.8. The lowest BCUT2D eigenvalue weighted by Crippen LogP contribution is -2.05. The molecule has 0 atom stereocenters. The van der Waals surface area contributed by atoms with Crippen molar-refractivity contribution < 1.29 is 19.1 Å². The number of unbranched alkanes of at least 4 members (excludes halogenated alkanes) is 27. The summed E-state index contributed by atoms with van der Waals surface area (Å²) in [6.45, 7) is 9.97. The SMILES string of the molecule is CCCCCCCCC=CCCCCCCCC(=O)OCCCC.CCCCCCCCCCCCCCCCCC(=O)OCCCC. The molecule has 0 unspecified atom stereocenters. The average molecular weight is 679 g/mol. The van der Waals surface area contributed by atoms with Gasteiger partial charge < -0.3 is 9.47 Å². The molecule has 0 radical (unpaired) electrons. The van der Waals surface area contributed by atoms with Crippen LogP contribution in [-0.4, -0.2) is 25.2 Å². The van der Waals surface area contributed by atoms with E-state index in [9.17, 15) is 9.59 Å². The molecule has 4 heteroatoms. The lowest BCUT2D eigenvalue weighted by atomic mass is 10.0. The molecule has 0 fully saturated rings. The lowest BCUT2D eigenvalue weighted by Gasteiger charge is -2.04. The van der Waals surface area contributed by atoms with Gasteiger partial charge in [-0.2, -0.15) is 0 Å². The van der Waals surface area contributed by atoms with Gasteiger partial charge >= 0.3 is 11.9 Å². The van der Waals surface area contributed by atoms with Crippen molar-refractivity contribution in [1.82, 2.24) is 0 Å². The molecule has 0 aromatic heterocycles. The van der Waals surface area contributed by atoms with Gasteiger partial charge in [0.05, 0.1) is 13.2 Å². The third-order valence-corrected chi connectivity index (χ3v) is 9.15. The first-order valence-electron chi connectivity index (χ1n) is 21.6. The Morgan fingerprint density at radius 3 is 0.875 bits per heavy atom. The number of carbonyl (C=O) groups is 2. The minimum Gasteiger partial charge on any atom is -0.466 e. The molecule has 0 saturated heterocycles. The second kappa shape index (κ2) is 45.7. The molecule has 0 aliphatic carbocycles. The summed E-state index contributed by atoms with van der Waals surface area (Å²) in [6.07, 6.45) is 47.2. The van der Waals surface area contributed by atoms with Gasteiger partial charge in [-0.05, 0) is 51.4 Å². The number of esters is 2. The van der Waals surface area contributed by atoms with E-state index in [2.05, 4.69) is 39.8 Å². The Kier molecular flexibility index (Phi) is 46.4. The van der Waals surface area contributed by atoms with Crippen molar-refractivity contribution in [3.05, 3.63) is 12.2 Å². The third kappa shape index (κ3) is 46.8. The predicted molar refractivity (Wildman–Crippen MR) is 211 cm³/mol. The van der Waals surface area contributed by atoms with Crippen molar-refractivity contribution in [2.75, 3.05) is 13.2 Å². The normalized spacial score (nSPS) is 11.1. The highest BCUT2D eigenvalue weighted by molar-refractivity contribution is 5.69. The van der Waals surface area contributed by atoms with Crippen molar-refractivity contribution in [1.29, 1.82) is 0 Å². The molecule has 0 saturated carbocycles. The predicted octanol–water partition coefficient (Wildman–Crippen LogP) is 15.0. The van der Waals surface area contributed by atoms with Gasteiger partial charge in [0.2, 0.25) is 0 Å². The molecule has 0 spiro atoms. The largest absolute Gasteiger partial charge is 0.466 e. The molecule has 0 N–H and O–H groups in total. The second-order valence-corrected chi connectivity index (χ2v) is 14.2. The molecule has 0 bridgehead atoms. The van der Waals surface area contributed by atoms with Crippen LogP contribution in [0.4, 0.5) is 0 Å². The molecule has 0 rings (SSSR count). The maximum absolute atomic E-state index is 11.4. The first kappa shape index (κ1) is 48.8.